The third-order valence-corrected chi connectivity index (χ3v) is 3.68. The second-order valence-corrected chi connectivity index (χ2v) is 5.17. The Balaban J connectivity index is 1.58. The van der Waals surface area contributed by atoms with Gasteiger partial charge in [-0.15, -0.1) is 11.8 Å². The molecule has 1 saturated heterocycles. The maximum atomic E-state index is 5.82. The molecule has 0 aliphatic carbocycles. The van der Waals surface area contributed by atoms with Crippen LogP contribution in [0.4, 0.5) is 0 Å². The van der Waals surface area contributed by atoms with E-state index in [1.54, 1.807) is 0 Å². The van der Waals surface area contributed by atoms with E-state index in [4.69, 9.17) is 4.74 Å². The summed E-state index contributed by atoms with van der Waals surface area (Å²) in [4.78, 5) is 1.33. The van der Waals surface area contributed by atoms with Crippen LogP contribution >= 0.6 is 11.8 Å². The lowest BCUT2D eigenvalue weighted by Crippen LogP contribution is -2.35. The standard InChI is InChI=1S/C13H19NOS/c1-2-6-13(7-3-1)16-10-9-15-12-5-4-8-14-11-12/h1-3,6-7,12,14H,4-5,8-11H2. The molecule has 1 aliphatic heterocycles. The fourth-order valence-electron chi connectivity index (χ4n) is 1.85. The van der Waals surface area contributed by atoms with E-state index < -0.39 is 0 Å². The number of hydrogen-bond donors (Lipinski definition) is 1. The van der Waals surface area contributed by atoms with Crippen LogP contribution in [0.2, 0.25) is 0 Å². The second-order valence-electron chi connectivity index (χ2n) is 4.00. The fourth-order valence-corrected chi connectivity index (χ4v) is 2.62. The molecule has 88 valence electrons. The minimum Gasteiger partial charge on any atom is -0.376 e. The van der Waals surface area contributed by atoms with Crippen LogP contribution in [0.5, 0.6) is 0 Å². The average molecular weight is 237 g/mol. The smallest absolute Gasteiger partial charge is 0.0700 e. The van der Waals surface area contributed by atoms with Gasteiger partial charge in [0.15, 0.2) is 0 Å². The maximum Gasteiger partial charge on any atom is 0.0700 e. The van der Waals surface area contributed by atoms with Gasteiger partial charge in [-0.25, -0.2) is 0 Å². The molecule has 0 bridgehead atoms. The van der Waals surface area contributed by atoms with Gasteiger partial charge < -0.3 is 10.1 Å². The Bertz CT molecular complexity index is 285. The molecule has 0 radical (unpaired) electrons. The molecule has 1 aromatic rings. The van der Waals surface area contributed by atoms with Crippen molar-refractivity contribution in [1.82, 2.24) is 5.32 Å². The molecule has 3 heteroatoms. The summed E-state index contributed by atoms with van der Waals surface area (Å²) in [7, 11) is 0. The van der Waals surface area contributed by atoms with E-state index in [1.807, 2.05) is 17.8 Å². The number of rotatable bonds is 5. The van der Waals surface area contributed by atoms with Crippen molar-refractivity contribution in [2.75, 3.05) is 25.4 Å². The van der Waals surface area contributed by atoms with Crippen molar-refractivity contribution in [3.8, 4) is 0 Å². The molecule has 1 fully saturated rings. The monoisotopic (exact) mass is 237 g/mol. The highest BCUT2D eigenvalue weighted by Crippen LogP contribution is 2.17. The first kappa shape index (κ1) is 12.0. The summed E-state index contributed by atoms with van der Waals surface area (Å²) in [6.07, 6.45) is 2.89. The Kier molecular flexibility index (Phi) is 5.19. The van der Waals surface area contributed by atoms with Crippen LogP contribution in [0.3, 0.4) is 0 Å². The summed E-state index contributed by atoms with van der Waals surface area (Å²) in [5, 5.41) is 3.36. The van der Waals surface area contributed by atoms with E-state index in [0.717, 1.165) is 25.4 Å². The first-order chi connectivity index (χ1) is 7.95. The van der Waals surface area contributed by atoms with Crippen LogP contribution < -0.4 is 5.32 Å². The lowest BCUT2D eigenvalue weighted by Gasteiger charge is -2.22. The van der Waals surface area contributed by atoms with Crippen molar-refractivity contribution in [2.24, 2.45) is 0 Å². The van der Waals surface area contributed by atoms with Crippen molar-refractivity contribution >= 4 is 11.8 Å². The molecule has 2 rings (SSSR count). The molecule has 0 spiro atoms. The molecular formula is C13H19NOS. The highest BCUT2D eigenvalue weighted by molar-refractivity contribution is 7.99. The topological polar surface area (TPSA) is 21.3 Å². The summed E-state index contributed by atoms with van der Waals surface area (Å²) in [6, 6.07) is 10.5. The summed E-state index contributed by atoms with van der Waals surface area (Å²) < 4.78 is 5.82. The first-order valence-electron chi connectivity index (χ1n) is 5.95. The molecular weight excluding hydrogens is 218 g/mol. The van der Waals surface area contributed by atoms with Crippen LogP contribution in [-0.4, -0.2) is 31.6 Å². The van der Waals surface area contributed by atoms with Crippen molar-refractivity contribution in [3.05, 3.63) is 30.3 Å². The molecule has 0 aromatic heterocycles. The Morgan fingerprint density at radius 2 is 2.19 bits per heavy atom. The van der Waals surface area contributed by atoms with Gasteiger partial charge in [-0.2, -0.15) is 0 Å². The zero-order valence-corrected chi connectivity index (χ0v) is 10.3. The van der Waals surface area contributed by atoms with E-state index in [2.05, 4.69) is 29.6 Å². The van der Waals surface area contributed by atoms with Crippen LogP contribution in [0, 0.1) is 0 Å². The number of benzene rings is 1. The normalized spacial score (nSPS) is 20.9. The number of thioether (sulfide) groups is 1. The summed E-state index contributed by atoms with van der Waals surface area (Å²) in [5.41, 5.74) is 0. The van der Waals surface area contributed by atoms with E-state index in [9.17, 15) is 0 Å². The molecule has 0 saturated carbocycles. The van der Waals surface area contributed by atoms with Crippen molar-refractivity contribution in [2.45, 2.75) is 23.8 Å². The maximum absolute atomic E-state index is 5.82. The fraction of sp³-hybridized carbons (Fsp3) is 0.538. The van der Waals surface area contributed by atoms with E-state index in [0.29, 0.717) is 6.10 Å². The van der Waals surface area contributed by atoms with Gasteiger partial charge in [-0.05, 0) is 31.5 Å². The van der Waals surface area contributed by atoms with Crippen LogP contribution in [0.15, 0.2) is 35.2 Å². The molecule has 1 aliphatic rings. The predicted molar refractivity (Wildman–Crippen MR) is 69.0 cm³/mol. The molecule has 1 unspecified atom stereocenters. The molecule has 0 amide bonds. The number of piperidine rings is 1. The first-order valence-corrected chi connectivity index (χ1v) is 6.94. The molecule has 1 aromatic carbocycles. The molecule has 2 nitrogen and oxygen atoms in total. The number of ether oxygens (including phenoxy) is 1. The number of hydrogen-bond acceptors (Lipinski definition) is 3. The van der Waals surface area contributed by atoms with Crippen LogP contribution in [0.1, 0.15) is 12.8 Å². The Morgan fingerprint density at radius 1 is 1.31 bits per heavy atom. The lowest BCUT2D eigenvalue weighted by molar-refractivity contribution is 0.0474. The lowest BCUT2D eigenvalue weighted by atomic mass is 10.1. The van der Waals surface area contributed by atoms with Gasteiger partial charge in [-0.3, -0.25) is 0 Å². The van der Waals surface area contributed by atoms with Crippen molar-refractivity contribution < 1.29 is 4.74 Å². The summed E-state index contributed by atoms with van der Waals surface area (Å²) in [6.45, 7) is 3.03. The second kappa shape index (κ2) is 6.94. The van der Waals surface area contributed by atoms with Gasteiger partial charge in [-0.1, -0.05) is 18.2 Å². The summed E-state index contributed by atoms with van der Waals surface area (Å²) in [5.74, 6) is 1.04. The van der Waals surface area contributed by atoms with E-state index in [-0.39, 0.29) is 0 Å². The Hall–Kier alpha value is -0.510. The predicted octanol–water partition coefficient (Wildman–Crippen LogP) is 2.55. The third kappa shape index (κ3) is 4.16. The van der Waals surface area contributed by atoms with Crippen molar-refractivity contribution in [1.29, 1.82) is 0 Å². The summed E-state index contributed by atoms with van der Waals surface area (Å²) >= 11 is 1.86. The largest absolute Gasteiger partial charge is 0.376 e. The molecule has 16 heavy (non-hydrogen) atoms. The molecule has 1 heterocycles. The Morgan fingerprint density at radius 3 is 2.94 bits per heavy atom. The third-order valence-electron chi connectivity index (χ3n) is 2.70. The Labute approximate surface area is 102 Å². The molecule has 1 atom stereocenters. The van der Waals surface area contributed by atoms with Crippen LogP contribution in [-0.2, 0) is 4.74 Å². The zero-order valence-electron chi connectivity index (χ0n) is 9.52. The SMILES string of the molecule is c1ccc(SCCOC2CCCNC2)cc1. The minimum atomic E-state index is 0.435. The minimum absolute atomic E-state index is 0.435. The highest BCUT2D eigenvalue weighted by atomic mass is 32.2. The van der Waals surface area contributed by atoms with E-state index in [1.165, 1.54) is 17.7 Å². The van der Waals surface area contributed by atoms with E-state index >= 15 is 0 Å². The molecule has 1 N–H and O–H groups in total. The van der Waals surface area contributed by atoms with Crippen LogP contribution in [0.25, 0.3) is 0 Å². The van der Waals surface area contributed by atoms with Gasteiger partial charge >= 0.3 is 0 Å². The van der Waals surface area contributed by atoms with Gasteiger partial charge in [0.1, 0.15) is 0 Å². The quantitative estimate of drug-likeness (QED) is 0.628. The van der Waals surface area contributed by atoms with Crippen molar-refractivity contribution in [3.63, 3.8) is 0 Å². The number of nitrogens with one attached hydrogen (secondary N) is 1. The van der Waals surface area contributed by atoms with Gasteiger partial charge in [0.2, 0.25) is 0 Å². The van der Waals surface area contributed by atoms with Gasteiger partial charge in [0, 0.05) is 17.2 Å². The van der Waals surface area contributed by atoms with Gasteiger partial charge in [0.25, 0.3) is 0 Å². The average Bonchev–Trinajstić information content (AvgIpc) is 2.37. The van der Waals surface area contributed by atoms with Gasteiger partial charge in [0.05, 0.1) is 12.7 Å². The zero-order chi connectivity index (χ0) is 11.1. The highest BCUT2D eigenvalue weighted by Gasteiger charge is 2.12.